The number of morpholine rings is 1. The Morgan fingerprint density at radius 2 is 1.64 bits per heavy atom. The number of likely N-dealkylation sites (tertiary alicyclic amines) is 2. The lowest BCUT2D eigenvalue weighted by Gasteiger charge is -2.40. The topological polar surface area (TPSA) is 74.9 Å². The number of piperidine rings is 2. The second-order valence-corrected chi connectivity index (χ2v) is 11.0. The van der Waals surface area contributed by atoms with E-state index < -0.39 is 0 Å². The number of hydrogen-bond donors (Lipinski definition) is 0. The van der Waals surface area contributed by atoms with Gasteiger partial charge in [0, 0.05) is 44.1 Å². The van der Waals surface area contributed by atoms with Crippen LogP contribution < -0.4 is 0 Å². The van der Waals surface area contributed by atoms with E-state index in [1.807, 2.05) is 9.80 Å². The fourth-order valence-corrected chi connectivity index (χ4v) is 6.20. The summed E-state index contributed by atoms with van der Waals surface area (Å²) in [5, 5.41) is 4.45. The number of aromatic nitrogens is 2. The molecule has 3 aliphatic heterocycles. The van der Waals surface area contributed by atoms with Crippen molar-refractivity contribution in [3.63, 3.8) is 0 Å². The van der Waals surface area contributed by atoms with E-state index in [2.05, 4.69) is 41.2 Å². The standard InChI is InChI=1S/C28H39N5O3/c1-2-20-3-5-21(6-4-20)23-17-24(19-33(18-23)28(34)32-13-15-35-16-14-32)27-29-26(30-36-27)22-9-11-31(12-10-22)25-7-8-25/h3-6,22-25H,2,7-19H2,1H3. The molecule has 0 spiro atoms. The molecule has 4 heterocycles. The van der Waals surface area contributed by atoms with Gasteiger partial charge in [-0.15, -0.1) is 0 Å². The zero-order valence-corrected chi connectivity index (χ0v) is 21.5. The zero-order chi connectivity index (χ0) is 24.5. The van der Waals surface area contributed by atoms with Crippen LogP contribution in [0.2, 0.25) is 0 Å². The lowest BCUT2D eigenvalue weighted by Crippen LogP contribution is -2.52. The molecule has 1 saturated carbocycles. The van der Waals surface area contributed by atoms with Crippen LogP contribution >= 0.6 is 0 Å². The summed E-state index contributed by atoms with van der Waals surface area (Å²) in [6.45, 7) is 8.33. The van der Waals surface area contributed by atoms with Gasteiger partial charge in [-0.25, -0.2) is 4.79 Å². The Bertz CT molecular complexity index is 1020. The van der Waals surface area contributed by atoms with Crippen LogP contribution in [-0.2, 0) is 11.2 Å². The van der Waals surface area contributed by atoms with E-state index in [0.717, 1.165) is 57.2 Å². The third kappa shape index (κ3) is 5.16. The summed E-state index contributed by atoms with van der Waals surface area (Å²) in [7, 11) is 0. The molecule has 1 aliphatic carbocycles. The molecule has 8 heteroatoms. The van der Waals surface area contributed by atoms with Gasteiger partial charge in [0.2, 0.25) is 5.89 Å². The zero-order valence-electron chi connectivity index (χ0n) is 21.5. The van der Waals surface area contributed by atoms with Gasteiger partial charge < -0.3 is 24.0 Å². The molecule has 2 atom stereocenters. The maximum absolute atomic E-state index is 13.5. The molecule has 4 aliphatic rings. The highest BCUT2D eigenvalue weighted by Crippen LogP contribution is 2.38. The summed E-state index contributed by atoms with van der Waals surface area (Å²) in [4.78, 5) is 25.0. The van der Waals surface area contributed by atoms with Crippen LogP contribution in [0, 0.1) is 0 Å². The summed E-state index contributed by atoms with van der Waals surface area (Å²) in [5.41, 5.74) is 2.62. The number of carbonyl (C=O) groups is 1. The first kappa shape index (κ1) is 23.9. The minimum Gasteiger partial charge on any atom is -0.378 e. The summed E-state index contributed by atoms with van der Waals surface area (Å²) in [6, 6.07) is 9.82. The summed E-state index contributed by atoms with van der Waals surface area (Å²) in [5.74, 6) is 2.24. The minimum atomic E-state index is 0.0485. The molecule has 2 unspecified atom stereocenters. The molecule has 0 N–H and O–H groups in total. The Kier molecular flexibility index (Phi) is 6.98. The average molecular weight is 494 g/mol. The van der Waals surface area contributed by atoms with Crippen molar-refractivity contribution >= 4 is 6.03 Å². The molecule has 36 heavy (non-hydrogen) atoms. The lowest BCUT2D eigenvalue weighted by molar-refractivity contribution is 0.0392. The molecule has 4 fully saturated rings. The number of carbonyl (C=O) groups excluding carboxylic acids is 1. The van der Waals surface area contributed by atoms with E-state index in [4.69, 9.17) is 14.2 Å². The smallest absolute Gasteiger partial charge is 0.320 e. The van der Waals surface area contributed by atoms with Crippen molar-refractivity contribution in [1.29, 1.82) is 0 Å². The van der Waals surface area contributed by atoms with Gasteiger partial charge in [0.25, 0.3) is 0 Å². The molecule has 6 rings (SSSR count). The Balaban J connectivity index is 1.19. The number of urea groups is 1. The monoisotopic (exact) mass is 493 g/mol. The maximum Gasteiger partial charge on any atom is 0.320 e. The summed E-state index contributed by atoms with van der Waals surface area (Å²) in [6.07, 6.45) is 6.88. The van der Waals surface area contributed by atoms with E-state index in [9.17, 15) is 4.79 Å². The predicted octanol–water partition coefficient (Wildman–Crippen LogP) is 4.00. The summed E-state index contributed by atoms with van der Waals surface area (Å²) < 4.78 is 11.4. The van der Waals surface area contributed by atoms with E-state index in [1.54, 1.807) is 0 Å². The third-order valence-electron chi connectivity index (χ3n) is 8.63. The Hall–Kier alpha value is -2.45. The van der Waals surface area contributed by atoms with Crippen molar-refractivity contribution in [1.82, 2.24) is 24.8 Å². The largest absolute Gasteiger partial charge is 0.378 e. The molecule has 0 radical (unpaired) electrons. The number of nitrogens with zero attached hydrogens (tertiary/aromatic N) is 5. The number of aryl methyl sites for hydroxylation is 1. The molecular formula is C28H39N5O3. The van der Waals surface area contributed by atoms with Gasteiger partial charge in [-0.3, -0.25) is 0 Å². The SMILES string of the molecule is CCc1ccc(C2CC(c3nc(C4CCN(C5CC5)CC4)no3)CN(C(=O)N3CCOCC3)C2)cc1. The summed E-state index contributed by atoms with van der Waals surface area (Å²) >= 11 is 0. The average Bonchev–Trinajstić information content (AvgIpc) is 3.69. The first-order valence-corrected chi connectivity index (χ1v) is 14.0. The van der Waals surface area contributed by atoms with E-state index >= 15 is 0 Å². The third-order valence-corrected chi connectivity index (χ3v) is 8.63. The Labute approximate surface area is 214 Å². The van der Waals surface area contributed by atoms with Crippen molar-refractivity contribution < 1.29 is 14.1 Å². The van der Waals surface area contributed by atoms with Crippen molar-refractivity contribution in [2.75, 3.05) is 52.5 Å². The lowest BCUT2D eigenvalue weighted by atomic mass is 9.84. The number of ether oxygens (including phenoxy) is 1. The molecular weight excluding hydrogens is 454 g/mol. The highest BCUT2D eigenvalue weighted by molar-refractivity contribution is 5.75. The Morgan fingerprint density at radius 3 is 2.33 bits per heavy atom. The van der Waals surface area contributed by atoms with Crippen LogP contribution in [0.15, 0.2) is 28.8 Å². The van der Waals surface area contributed by atoms with Crippen LogP contribution in [0.25, 0.3) is 0 Å². The first-order valence-electron chi connectivity index (χ1n) is 14.0. The highest BCUT2D eigenvalue weighted by atomic mass is 16.5. The second-order valence-electron chi connectivity index (χ2n) is 11.0. The van der Waals surface area contributed by atoms with Crippen molar-refractivity contribution in [2.45, 2.75) is 69.2 Å². The van der Waals surface area contributed by atoms with Gasteiger partial charge in [0.1, 0.15) is 0 Å². The highest BCUT2D eigenvalue weighted by Gasteiger charge is 2.38. The fraction of sp³-hybridized carbons (Fsp3) is 0.679. The van der Waals surface area contributed by atoms with Crippen molar-refractivity contribution in [3.8, 4) is 0 Å². The van der Waals surface area contributed by atoms with Gasteiger partial charge >= 0.3 is 6.03 Å². The van der Waals surface area contributed by atoms with E-state index in [-0.39, 0.29) is 17.9 Å². The second kappa shape index (κ2) is 10.5. The van der Waals surface area contributed by atoms with Crippen molar-refractivity contribution in [2.24, 2.45) is 0 Å². The number of benzene rings is 1. The number of hydrogen-bond acceptors (Lipinski definition) is 6. The quantitative estimate of drug-likeness (QED) is 0.627. The molecule has 3 saturated heterocycles. The predicted molar refractivity (Wildman–Crippen MR) is 136 cm³/mol. The fourth-order valence-electron chi connectivity index (χ4n) is 6.20. The van der Waals surface area contributed by atoms with Gasteiger partial charge in [-0.1, -0.05) is 36.3 Å². The van der Waals surface area contributed by atoms with Gasteiger partial charge in [-0.05, 0) is 62.7 Å². The maximum atomic E-state index is 13.5. The molecule has 2 aromatic rings. The minimum absolute atomic E-state index is 0.0485. The molecule has 2 amide bonds. The van der Waals surface area contributed by atoms with E-state index in [0.29, 0.717) is 44.7 Å². The van der Waals surface area contributed by atoms with Crippen LogP contribution in [-0.4, -0.2) is 89.4 Å². The molecule has 0 bridgehead atoms. The normalized spacial score (nSPS) is 26.4. The Morgan fingerprint density at radius 1 is 0.917 bits per heavy atom. The molecule has 1 aromatic heterocycles. The van der Waals surface area contributed by atoms with Crippen LogP contribution in [0.1, 0.15) is 79.6 Å². The molecule has 194 valence electrons. The van der Waals surface area contributed by atoms with Crippen molar-refractivity contribution in [3.05, 3.63) is 47.1 Å². The van der Waals surface area contributed by atoms with E-state index in [1.165, 1.54) is 24.0 Å². The van der Waals surface area contributed by atoms with Gasteiger partial charge in [0.15, 0.2) is 5.82 Å². The number of amides is 2. The first-order chi connectivity index (χ1) is 17.7. The van der Waals surface area contributed by atoms with Gasteiger partial charge in [-0.2, -0.15) is 4.98 Å². The van der Waals surface area contributed by atoms with Crippen LogP contribution in [0.5, 0.6) is 0 Å². The van der Waals surface area contributed by atoms with Gasteiger partial charge in [0.05, 0.1) is 19.1 Å². The molecule has 8 nitrogen and oxygen atoms in total. The molecule has 1 aromatic carbocycles. The van der Waals surface area contributed by atoms with Crippen LogP contribution in [0.3, 0.4) is 0 Å². The number of rotatable bonds is 5. The van der Waals surface area contributed by atoms with Crippen LogP contribution in [0.4, 0.5) is 4.79 Å².